The monoisotopic (exact) mass is 498 g/mol. The zero-order chi connectivity index (χ0) is 27.3. The van der Waals surface area contributed by atoms with Crippen molar-refractivity contribution in [2.45, 2.75) is 60.5 Å². The normalized spacial score (nSPS) is 16.4. The van der Waals surface area contributed by atoms with Gasteiger partial charge in [0.05, 0.1) is 6.61 Å². The highest BCUT2D eigenvalue weighted by Crippen LogP contribution is 2.15. The minimum absolute atomic E-state index is 0.0920. The van der Waals surface area contributed by atoms with Crippen LogP contribution in [0.4, 0.5) is 0 Å². The van der Waals surface area contributed by atoms with Gasteiger partial charge < -0.3 is 15.2 Å². The SMILES string of the molecule is C=C/C(=C\C(=NC(C(=N)n1cc(CN2CCC(N)C2)ccc1=N)=C(C)C)C(C)C)OCCOC.CC. The van der Waals surface area contributed by atoms with Crippen molar-refractivity contribution in [2.75, 3.05) is 33.4 Å². The number of methoxy groups -OCH3 is 1. The molecule has 1 atom stereocenters. The first-order valence-electron chi connectivity index (χ1n) is 12.7. The maximum Gasteiger partial charge on any atom is 0.156 e. The lowest BCUT2D eigenvalue weighted by atomic mass is 10.1. The fourth-order valence-electron chi connectivity index (χ4n) is 3.61. The Labute approximate surface area is 217 Å². The first kappa shape index (κ1) is 31.2. The number of aliphatic imine (C=N–C) groups is 1. The molecule has 2 rings (SSSR count). The third-order valence-electron chi connectivity index (χ3n) is 5.54. The van der Waals surface area contributed by atoms with Crippen LogP contribution in [0.5, 0.6) is 0 Å². The van der Waals surface area contributed by atoms with Gasteiger partial charge in [0.15, 0.2) is 5.84 Å². The molecule has 8 nitrogen and oxygen atoms in total. The topological polar surface area (TPSA) is 113 Å². The Bertz CT molecular complexity index is 1020. The Morgan fingerprint density at radius 2 is 1.97 bits per heavy atom. The largest absolute Gasteiger partial charge is 0.491 e. The number of hydrogen-bond acceptors (Lipinski definition) is 7. The smallest absolute Gasteiger partial charge is 0.156 e. The molecule has 4 N–H and O–H groups in total. The first-order chi connectivity index (χ1) is 17.2. The average Bonchev–Trinajstić information content (AvgIpc) is 3.26. The molecular formula is C28H46N6O2. The van der Waals surface area contributed by atoms with Crippen LogP contribution < -0.4 is 11.2 Å². The summed E-state index contributed by atoms with van der Waals surface area (Å²) in [4.78, 5) is 7.16. The molecule has 0 spiro atoms. The number of allylic oxidation sites excluding steroid dienone is 4. The van der Waals surface area contributed by atoms with Crippen molar-refractivity contribution < 1.29 is 9.47 Å². The second-order valence-corrected chi connectivity index (χ2v) is 9.06. The van der Waals surface area contributed by atoms with Crippen LogP contribution in [0.1, 0.15) is 53.5 Å². The zero-order valence-electron chi connectivity index (χ0n) is 23.2. The molecule has 1 saturated heterocycles. The molecule has 0 radical (unpaired) electrons. The Kier molecular flexibility index (Phi) is 13.9. The lowest BCUT2D eigenvalue weighted by Crippen LogP contribution is -2.30. The number of hydrogen-bond donors (Lipinski definition) is 3. The molecule has 36 heavy (non-hydrogen) atoms. The number of nitrogens with two attached hydrogens (primary N) is 1. The lowest BCUT2D eigenvalue weighted by Gasteiger charge is -2.18. The van der Waals surface area contributed by atoms with E-state index in [1.807, 2.05) is 59.9 Å². The molecule has 1 fully saturated rings. The van der Waals surface area contributed by atoms with E-state index < -0.39 is 0 Å². The lowest BCUT2D eigenvalue weighted by molar-refractivity contribution is 0.114. The van der Waals surface area contributed by atoms with E-state index in [-0.39, 0.29) is 23.3 Å². The van der Waals surface area contributed by atoms with E-state index in [0.29, 0.717) is 24.7 Å². The molecule has 200 valence electrons. The number of pyridine rings is 1. The van der Waals surface area contributed by atoms with Crippen LogP contribution >= 0.6 is 0 Å². The Hall–Kier alpha value is -2.81. The van der Waals surface area contributed by atoms with E-state index in [0.717, 1.165) is 42.9 Å². The summed E-state index contributed by atoms with van der Waals surface area (Å²) in [5, 5.41) is 17.3. The van der Waals surface area contributed by atoms with Gasteiger partial charge >= 0.3 is 0 Å². The first-order valence-corrected chi connectivity index (χ1v) is 12.7. The van der Waals surface area contributed by atoms with Crippen LogP contribution in [0.15, 0.2) is 59.1 Å². The van der Waals surface area contributed by atoms with Gasteiger partial charge in [0.1, 0.15) is 23.6 Å². The summed E-state index contributed by atoms with van der Waals surface area (Å²) in [5.41, 5.74) is 9.50. The Balaban J connectivity index is 0.00000316. The molecule has 1 aliphatic rings. The number of ether oxygens (including phenoxy) is 2. The fourth-order valence-corrected chi connectivity index (χ4v) is 3.61. The van der Waals surface area contributed by atoms with Crippen LogP contribution in [0.3, 0.4) is 0 Å². The maximum atomic E-state index is 8.92. The van der Waals surface area contributed by atoms with E-state index in [4.69, 9.17) is 31.0 Å². The number of rotatable bonds is 11. The van der Waals surface area contributed by atoms with Gasteiger partial charge in [-0.25, -0.2) is 4.99 Å². The molecule has 0 aromatic carbocycles. The highest BCUT2D eigenvalue weighted by Gasteiger charge is 2.19. The molecule has 1 aromatic rings. The third-order valence-corrected chi connectivity index (χ3v) is 5.54. The summed E-state index contributed by atoms with van der Waals surface area (Å²) in [5.74, 6) is 0.857. The summed E-state index contributed by atoms with van der Waals surface area (Å²) in [6.45, 7) is 19.2. The number of likely N-dealkylation sites (tertiary alicyclic amines) is 1. The van der Waals surface area contributed by atoms with Crippen LogP contribution in [0, 0.1) is 16.7 Å². The van der Waals surface area contributed by atoms with Gasteiger partial charge in [-0.15, -0.1) is 0 Å². The van der Waals surface area contributed by atoms with Gasteiger partial charge in [-0.1, -0.05) is 40.3 Å². The number of nitrogens with one attached hydrogen (secondary N) is 2. The summed E-state index contributed by atoms with van der Waals surface area (Å²) in [6.07, 6.45) is 6.35. The van der Waals surface area contributed by atoms with Crippen LogP contribution in [0.2, 0.25) is 0 Å². The molecular weight excluding hydrogens is 452 g/mol. The molecule has 0 amide bonds. The zero-order valence-corrected chi connectivity index (χ0v) is 23.2. The van der Waals surface area contributed by atoms with Crippen LogP contribution in [-0.4, -0.2) is 60.5 Å². The molecule has 1 unspecified atom stereocenters. The van der Waals surface area contributed by atoms with Crippen LogP contribution in [-0.2, 0) is 16.0 Å². The van der Waals surface area contributed by atoms with E-state index in [1.54, 1.807) is 23.8 Å². The predicted octanol–water partition coefficient (Wildman–Crippen LogP) is 4.48. The van der Waals surface area contributed by atoms with Crippen LogP contribution in [0.25, 0.3) is 0 Å². The highest BCUT2D eigenvalue weighted by molar-refractivity contribution is 6.04. The van der Waals surface area contributed by atoms with E-state index in [1.165, 1.54) is 0 Å². The molecule has 2 heterocycles. The van der Waals surface area contributed by atoms with Gasteiger partial charge in [-0.05, 0) is 49.5 Å². The molecule has 1 aromatic heterocycles. The van der Waals surface area contributed by atoms with Gasteiger partial charge in [-0.3, -0.25) is 20.3 Å². The molecule has 0 aliphatic carbocycles. The third kappa shape index (κ3) is 9.68. The summed E-state index contributed by atoms with van der Waals surface area (Å²) in [6, 6.07) is 3.89. The molecule has 8 heteroatoms. The van der Waals surface area contributed by atoms with Crippen molar-refractivity contribution in [3.8, 4) is 0 Å². The number of nitrogens with zero attached hydrogens (tertiary/aromatic N) is 3. The predicted molar refractivity (Wildman–Crippen MR) is 149 cm³/mol. The van der Waals surface area contributed by atoms with E-state index >= 15 is 0 Å². The Morgan fingerprint density at radius 1 is 1.28 bits per heavy atom. The van der Waals surface area contributed by atoms with Crippen molar-refractivity contribution >= 4 is 11.5 Å². The highest BCUT2D eigenvalue weighted by atomic mass is 16.5. The minimum Gasteiger partial charge on any atom is -0.491 e. The maximum absolute atomic E-state index is 8.92. The minimum atomic E-state index is 0.0920. The van der Waals surface area contributed by atoms with Gasteiger partial charge in [-0.2, -0.15) is 0 Å². The summed E-state index contributed by atoms with van der Waals surface area (Å²) in [7, 11) is 1.63. The quantitative estimate of drug-likeness (QED) is 0.137. The van der Waals surface area contributed by atoms with Crippen molar-refractivity contribution in [3.63, 3.8) is 0 Å². The standard InChI is InChI=1S/C26H40N6O2.C2H6/c1-7-22(34-13-12-33-6)14-23(18(2)3)30-25(19(4)5)26(29)32-16-20(8-9-24(32)28)15-31-11-10-21(27)17-31;1-2/h7-9,14,16,18,21,28-29H,1,10-13,15,17,27H2,2-6H3;1-2H3/b22-14+,28-24?,29-26?,30-23?;. The van der Waals surface area contributed by atoms with Gasteiger partial charge in [0.25, 0.3) is 0 Å². The van der Waals surface area contributed by atoms with Crippen molar-refractivity contribution in [1.29, 1.82) is 10.8 Å². The number of aromatic nitrogens is 1. The van der Waals surface area contributed by atoms with Crippen molar-refractivity contribution in [2.24, 2.45) is 16.6 Å². The summed E-state index contributed by atoms with van der Waals surface area (Å²) < 4.78 is 12.4. The summed E-state index contributed by atoms with van der Waals surface area (Å²) >= 11 is 0. The Morgan fingerprint density at radius 3 is 2.50 bits per heavy atom. The van der Waals surface area contributed by atoms with Crippen molar-refractivity contribution in [1.82, 2.24) is 9.47 Å². The van der Waals surface area contributed by atoms with E-state index in [9.17, 15) is 0 Å². The van der Waals surface area contributed by atoms with Crippen molar-refractivity contribution in [3.05, 3.63) is 65.1 Å². The van der Waals surface area contributed by atoms with E-state index in [2.05, 4.69) is 11.5 Å². The second-order valence-electron chi connectivity index (χ2n) is 9.06. The average molecular weight is 499 g/mol. The van der Waals surface area contributed by atoms with Gasteiger partial charge in [0.2, 0.25) is 0 Å². The molecule has 1 aliphatic heterocycles. The second kappa shape index (κ2) is 16.0. The fraction of sp³-hybridized carbons (Fsp3) is 0.536. The molecule has 0 bridgehead atoms. The van der Waals surface area contributed by atoms with Gasteiger partial charge in [0, 0.05) is 50.8 Å². The molecule has 0 saturated carbocycles.